The average molecular weight is 482 g/mol. The summed E-state index contributed by atoms with van der Waals surface area (Å²) in [6.07, 6.45) is 8.13. The van der Waals surface area contributed by atoms with Gasteiger partial charge in [-0.1, -0.05) is 31.5 Å². The van der Waals surface area contributed by atoms with Crippen molar-refractivity contribution in [3.05, 3.63) is 47.0 Å². The van der Waals surface area contributed by atoms with Gasteiger partial charge in [0.2, 0.25) is 0 Å². The summed E-state index contributed by atoms with van der Waals surface area (Å²) in [4.78, 5) is 33.2. The van der Waals surface area contributed by atoms with Gasteiger partial charge in [-0.2, -0.15) is 0 Å². The number of Topliss-reactive ketones (excluding diaryl/α,β-unsaturated/α-hetero) is 1. The molecule has 0 unspecified atom stereocenters. The maximum Gasteiger partial charge on any atom is 0.340 e. The molecule has 0 saturated heterocycles. The van der Waals surface area contributed by atoms with Crippen molar-refractivity contribution in [1.82, 2.24) is 24.7 Å². The molecule has 34 heavy (non-hydrogen) atoms. The number of aromatic amines is 1. The van der Waals surface area contributed by atoms with Gasteiger partial charge in [0.05, 0.1) is 23.5 Å². The molecule has 3 heterocycles. The largest absolute Gasteiger partial charge is 0.462 e. The van der Waals surface area contributed by atoms with Gasteiger partial charge in [-0.05, 0) is 51.7 Å². The molecule has 1 aliphatic carbocycles. The van der Waals surface area contributed by atoms with Crippen molar-refractivity contribution in [1.29, 1.82) is 0 Å². The fourth-order valence-corrected chi connectivity index (χ4v) is 5.70. The molecule has 1 fully saturated rings. The highest BCUT2D eigenvalue weighted by atomic mass is 32.2. The van der Waals surface area contributed by atoms with Gasteiger partial charge in [0.25, 0.3) is 0 Å². The SMILES string of the molecule is CCOC(=O)c1c(C)[nH]c(C)c1C(=O)CSc1nnc(-c2cccnc2)n1[C@@H]1CCCC[C@@H]1C. The fourth-order valence-electron chi connectivity index (χ4n) is 4.84. The quantitative estimate of drug-likeness (QED) is 0.268. The molecular weight excluding hydrogens is 450 g/mol. The van der Waals surface area contributed by atoms with Crippen molar-refractivity contribution >= 4 is 23.5 Å². The van der Waals surface area contributed by atoms with Gasteiger partial charge >= 0.3 is 5.97 Å². The summed E-state index contributed by atoms with van der Waals surface area (Å²) in [5.41, 5.74) is 2.94. The number of nitrogens with zero attached hydrogens (tertiary/aromatic N) is 4. The Morgan fingerprint density at radius 1 is 1.18 bits per heavy atom. The van der Waals surface area contributed by atoms with E-state index in [0.29, 0.717) is 33.6 Å². The lowest BCUT2D eigenvalue weighted by Crippen LogP contribution is -2.23. The molecule has 8 nitrogen and oxygen atoms in total. The summed E-state index contributed by atoms with van der Waals surface area (Å²) in [6.45, 7) is 7.87. The molecule has 1 aliphatic rings. The number of nitrogens with one attached hydrogen (secondary N) is 1. The number of aromatic nitrogens is 5. The predicted octanol–water partition coefficient (Wildman–Crippen LogP) is 5.19. The molecule has 3 aromatic rings. The molecular formula is C25H31N5O3S. The zero-order valence-corrected chi connectivity index (χ0v) is 20.9. The molecule has 3 aromatic heterocycles. The topological polar surface area (TPSA) is 103 Å². The van der Waals surface area contributed by atoms with Crippen LogP contribution in [0.25, 0.3) is 11.4 Å². The normalized spacial score (nSPS) is 18.1. The Morgan fingerprint density at radius 2 is 1.94 bits per heavy atom. The summed E-state index contributed by atoms with van der Waals surface area (Å²) >= 11 is 1.37. The first kappa shape index (κ1) is 24.2. The van der Waals surface area contributed by atoms with E-state index in [1.54, 1.807) is 33.2 Å². The molecule has 1 saturated carbocycles. The average Bonchev–Trinajstić information content (AvgIpc) is 3.38. The van der Waals surface area contributed by atoms with E-state index in [-0.39, 0.29) is 24.2 Å². The van der Waals surface area contributed by atoms with Crippen LogP contribution in [0.1, 0.15) is 77.7 Å². The Hall–Kier alpha value is -2.94. The van der Waals surface area contributed by atoms with E-state index in [1.807, 2.05) is 12.1 Å². The Bertz CT molecular complexity index is 1170. The van der Waals surface area contributed by atoms with E-state index in [1.165, 1.54) is 18.2 Å². The van der Waals surface area contributed by atoms with Crippen molar-refractivity contribution in [3.8, 4) is 11.4 Å². The van der Waals surface area contributed by atoms with E-state index in [0.717, 1.165) is 30.7 Å². The zero-order valence-electron chi connectivity index (χ0n) is 20.1. The van der Waals surface area contributed by atoms with Gasteiger partial charge < -0.3 is 9.72 Å². The van der Waals surface area contributed by atoms with Crippen LogP contribution in [-0.4, -0.2) is 48.8 Å². The summed E-state index contributed by atoms with van der Waals surface area (Å²) < 4.78 is 7.38. The molecule has 0 aliphatic heterocycles. The first-order valence-corrected chi connectivity index (χ1v) is 12.8. The van der Waals surface area contributed by atoms with E-state index in [9.17, 15) is 9.59 Å². The third kappa shape index (κ3) is 4.80. The lowest BCUT2D eigenvalue weighted by Gasteiger charge is -2.31. The van der Waals surface area contributed by atoms with Crippen LogP contribution in [0.4, 0.5) is 0 Å². The predicted molar refractivity (Wildman–Crippen MR) is 131 cm³/mol. The molecule has 0 radical (unpaired) electrons. The first-order valence-electron chi connectivity index (χ1n) is 11.8. The zero-order chi connectivity index (χ0) is 24.2. The van der Waals surface area contributed by atoms with Gasteiger partial charge in [-0.25, -0.2) is 4.79 Å². The minimum absolute atomic E-state index is 0.135. The lowest BCUT2D eigenvalue weighted by molar-refractivity contribution is 0.0522. The number of ketones is 1. The number of esters is 1. The fraction of sp³-hybridized carbons (Fsp3) is 0.480. The van der Waals surface area contributed by atoms with Crippen LogP contribution in [0.5, 0.6) is 0 Å². The van der Waals surface area contributed by atoms with Crippen LogP contribution in [0.3, 0.4) is 0 Å². The monoisotopic (exact) mass is 481 g/mol. The number of pyridine rings is 1. The third-order valence-corrected chi connectivity index (χ3v) is 7.39. The van der Waals surface area contributed by atoms with Gasteiger partial charge in [0.15, 0.2) is 16.8 Å². The minimum Gasteiger partial charge on any atom is -0.462 e. The highest BCUT2D eigenvalue weighted by Crippen LogP contribution is 2.39. The summed E-state index contributed by atoms with van der Waals surface area (Å²) in [7, 11) is 0. The molecule has 0 spiro atoms. The highest BCUT2D eigenvalue weighted by molar-refractivity contribution is 7.99. The lowest BCUT2D eigenvalue weighted by atomic mass is 9.85. The van der Waals surface area contributed by atoms with Gasteiger partial charge in [-0.3, -0.25) is 14.3 Å². The standard InChI is InChI=1S/C25H31N5O3S/c1-5-33-24(32)22-17(4)27-16(3)21(22)20(31)14-34-25-29-28-23(18-10-8-12-26-13-18)30(25)19-11-7-6-9-15(19)2/h8,10,12-13,15,19,27H,5-7,9,11,14H2,1-4H3/t15-,19+/m0/s1. The number of rotatable bonds is 8. The van der Waals surface area contributed by atoms with Crippen LogP contribution < -0.4 is 0 Å². The number of ether oxygens (including phenoxy) is 1. The van der Waals surface area contributed by atoms with Crippen molar-refractivity contribution in [3.63, 3.8) is 0 Å². The van der Waals surface area contributed by atoms with E-state index in [4.69, 9.17) is 4.74 Å². The molecule has 180 valence electrons. The second kappa shape index (κ2) is 10.5. The second-order valence-electron chi connectivity index (χ2n) is 8.80. The molecule has 4 rings (SSSR count). The number of carbonyl (C=O) groups is 2. The maximum atomic E-state index is 13.3. The van der Waals surface area contributed by atoms with Crippen LogP contribution in [-0.2, 0) is 4.74 Å². The molecule has 0 bridgehead atoms. The Morgan fingerprint density at radius 3 is 2.65 bits per heavy atom. The highest BCUT2D eigenvalue weighted by Gasteiger charge is 2.30. The maximum absolute atomic E-state index is 13.3. The summed E-state index contributed by atoms with van der Waals surface area (Å²) in [6, 6.07) is 4.14. The summed E-state index contributed by atoms with van der Waals surface area (Å²) in [5.74, 6) is 0.805. The third-order valence-electron chi connectivity index (χ3n) is 6.45. The number of H-pyrrole nitrogens is 1. The van der Waals surface area contributed by atoms with Gasteiger partial charge in [0.1, 0.15) is 0 Å². The number of thioether (sulfide) groups is 1. The smallest absolute Gasteiger partial charge is 0.340 e. The van der Waals surface area contributed by atoms with Crippen LogP contribution in [0.2, 0.25) is 0 Å². The molecule has 2 atom stereocenters. The van der Waals surface area contributed by atoms with E-state index < -0.39 is 5.97 Å². The van der Waals surface area contributed by atoms with Crippen LogP contribution >= 0.6 is 11.8 Å². The molecule has 1 N–H and O–H groups in total. The van der Waals surface area contributed by atoms with Gasteiger partial charge in [0, 0.05) is 35.4 Å². The van der Waals surface area contributed by atoms with E-state index in [2.05, 4.69) is 31.7 Å². The van der Waals surface area contributed by atoms with Crippen molar-refractivity contribution in [2.24, 2.45) is 5.92 Å². The second-order valence-corrected chi connectivity index (χ2v) is 9.75. The van der Waals surface area contributed by atoms with Crippen molar-refractivity contribution in [2.45, 2.75) is 64.6 Å². The Labute approximate surface area is 203 Å². The minimum atomic E-state index is -0.476. The molecule has 0 aromatic carbocycles. The number of hydrogen-bond donors (Lipinski definition) is 1. The molecule has 9 heteroatoms. The number of aryl methyl sites for hydroxylation is 2. The Balaban J connectivity index is 1.64. The number of hydrogen-bond acceptors (Lipinski definition) is 7. The number of carbonyl (C=O) groups excluding carboxylic acids is 2. The molecule has 0 amide bonds. The van der Waals surface area contributed by atoms with Crippen molar-refractivity contribution < 1.29 is 14.3 Å². The summed E-state index contributed by atoms with van der Waals surface area (Å²) in [5, 5.41) is 9.69. The van der Waals surface area contributed by atoms with Crippen LogP contribution in [0.15, 0.2) is 29.7 Å². The Kier molecular flexibility index (Phi) is 7.50. The van der Waals surface area contributed by atoms with E-state index >= 15 is 0 Å². The van der Waals surface area contributed by atoms with Crippen LogP contribution in [0, 0.1) is 19.8 Å². The first-order chi connectivity index (χ1) is 16.4. The van der Waals surface area contributed by atoms with Gasteiger partial charge in [-0.15, -0.1) is 10.2 Å². The van der Waals surface area contributed by atoms with Crippen molar-refractivity contribution in [2.75, 3.05) is 12.4 Å².